The fraction of sp³-hybridized carbons (Fsp3) is 0.241. The molecule has 0 saturated heterocycles. The van der Waals surface area contributed by atoms with Crippen LogP contribution in [0.5, 0.6) is 17.2 Å². The second-order valence-corrected chi connectivity index (χ2v) is 16.0. The molecule has 0 fully saturated rings. The lowest BCUT2D eigenvalue weighted by molar-refractivity contribution is 0.415. The minimum Gasteiger partial charge on any atom is -0.506 e. The molecule has 15 nitrogen and oxygen atoms in total. The van der Waals surface area contributed by atoms with E-state index in [9.17, 15) is 40.0 Å². The van der Waals surface area contributed by atoms with Crippen molar-refractivity contribution >= 4 is 69.0 Å². The summed E-state index contributed by atoms with van der Waals surface area (Å²) in [5.74, 6) is -1.81. The molecule has 18 heteroatoms. The molecule has 0 atom stereocenters. The second-order valence-electron chi connectivity index (χ2n) is 10.0. The zero-order valence-corrected chi connectivity index (χ0v) is 28.0. The Labute approximate surface area is 271 Å². The minimum atomic E-state index is -4.46. The zero-order valence-electron chi connectivity index (χ0n) is 25.5. The van der Waals surface area contributed by atoms with Crippen LogP contribution in [0.4, 0.5) is 28.4 Å². The molecule has 0 aliphatic rings. The fourth-order valence-electron chi connectivity index (χ4n) is 4.41. The van der Waals surface area contributed by atoms with E-state index in [1.165, 1.54) is 69.5 Å². The highest BCUT2D eigenvalue weighted by Gasteiger charge is 2.19. The number of hydrogen-bond donors (Lipinski definition) is 4. The molecule has 0 bridgehead atoms. The van der Waals surface area contributed by atoms with Gasteiger partial charge in [-0.3, -0.25) is 4.55 Å². The molecule has 4 N–H and O–H groups in total. The van der Waals surface area contributed by atoms with Crippen molar-refractivity contribution in [2.45, 2.75) is 30.6 Å². The van der Waals surface area contributed by atoms with Crippen LogP contribution in [0.1, 0.15) is 19.4 Å². The first-order valence-corrected chi connectivity index (χ1v) is 18.7. The number of hydrogen-bond acceptors (Lipinski definition) is 14. The summed E-state index contributed by atoms with van der Waals surface area (Å²) < 4.78 is 87.1. The van der Waals surface area contributed by atoms with Crippen molar-refractivity contribution in [3.63, 3.8) is 0 Å². The number of benzene rings is 4. The van der Waals surface area contributed by atoms with Crippen LogP contribution in [0.25, 0.3) is 10.8 Å². The lowest BCUT2D eigenvalue weighted by atomic mass is 10.1. The summed E-state index contributed by atoms with van der Waals surface area (Å²) in [6.45, 7) is 4.52. The quantitative estimate of drug-likeness (QED) is 0.0950. The number of sulfone groups is 2. The first-order chi connectivity index (χ1) is 22.0. The third kappa shape index (κ3) is 7.84. The van der Waals surface area contributed by atoms with Gasteiger partial charge in [0.05, 0.1) is 34.1 Å². The van der Waals surface area contributed by atoms with E-state index in [1.54, 1.807) is 6.92 Å². The number of ether oxygens (including phenoxy) is 1. The number of phenols is 2. The molecular weight excluding hydrogens is 675 g/mol. The zero-order chi connectivity index (χ0) is 34.7. The first kappa shape index (κ1) is 35.2. The average Bonchev–Trinajstić information content (AvgIpc) is 3.03. The maximum atomic E-state index is 12.5. The summed E-state index contributed by atoms with van der Waals surface area (Å²) >= 11 is 0. The van der Waals surface area contributed by atoms with Crippen molar-refractivity contribution in [3.8, 4) is 17.2 Å². The van der Waals surface area contributed by atoms with Gasteiger partial charge >= 0.3 is 0 Å². The predicted octanol–water partition coefficient (Wildman–Crippen LogP) is 6.24. The molecule has 0 aliphatic carbocycles. The molecule has 0 radical (unpaired) electrons. The highest BCUT2D eigenvalue weighted by atomic mass is 32.2. The lowest BCUT2D eigenvalue weighted by Gasteiger charge is -2.12. The van der Waals surface area contributed by atoms with E-state index < -0.39 is 41.4 Å². The van der Waals surface area contributed by atoms with E-state index in [-0.39, 0.29) is 72.0 Å². The Balaban J connectivity index is 1.83. The number of methoxy groups -OCH3 is 1. The molecule has 0 spiro atoms. The standard InChI is InChI=1S/C29H31N5O10S3/c1-5-45(37,38)18-7-12-26(44-4)24(14-18)33-34-28-19-8-11-22(29(36)20(19)9-10-21(28)30-16-47(41,42)43)31-32-23-13-17(3)27(15-25(23)35)46(39,40)6-2/h7-15,30,35-36H,5-6,16H2,1-4H3,(H,41,42,43). The van der Waals surface area contributed by atoms with Crippen LogP contribution in [0, 0.1) is 6.92 Å². The SMILES string of the molecule is CCS(=O)(=O)c1ccc(OC)c(N=Nc2c(NCS(=O)(=O)O)ccc3c(O)c(N=Nc4cc(C)c(S(=O)(=O)CC)cc4O)ccc23)c1. The van der Waals surface area contributed by atoms with Crippen LogP contribution >= 0.6 is 0 Å². The Morgan fingerprint density at radius 2 is 1.38 bits per heavy atom. The van der Waals surface area contributed by atoms with E-state index >= 15 is 0 Å². The van der Waals surface area contributed by atoms with E-state index in [0.717, 1.165) is 6.07 Å². The summed E-state index contributed by atoms with van der Waals surface area (Å²) in [4.78, 5) is -0.0608. The van der Waals surface area contributed by atoms with Gasteiger partial charge in [0.15, 0.2) is 25.4 Å². The van der Waals surface area contributed by atoms with Gasteiger partial charge in [0, 0.05) is 16.8 Å². The average molecular weight is 706 g/mol. The third-order valence-corrected chi connectivity index (χ3v) is 11.1. The molecule has 47 heavy (non-hydrogen) atoms. The van der Waals surface area contributed by atoms with Crippen molar-refractivity contribution in [2.24, 2.45) is 20.5 Å². The van der Waals surface area contributed by atoms with Gasteiger partial charge in [-0.25, -0.2) is 16.8 Å². The number of fused-ring (bicyclic) bond motifs is 1. The maximum absolute atomic E-state index is 12.5. The molecule has 4 aromatic carbocycles. The monoisotopic (exact) mass is 705 g/mol. The molecule has 0 aliphatic heterocycles. The lowest BCUT2D eigenvalue weighted by Crippen LogP contribution is -2.13. The highest BCUT2D eigenvalue weighted by molar-refractivity contribution is 7.91. The van der Waals surface area contributed by atoms with Crippen molar-refractivity contribution < 1.29 is 44.8 Å². The Morgan fingerprint density at radius 3 is 2.02 bits per heavy atom. The molecule has 0 aromatic heterocycles. The number of aryl methyl sites for hydroxylation is 1. The summed E-state index contributed by atoms with van der Waals surface area (Å²) in [5.41, 5.74) is 0.402. The van der Waals surface area contributed by atoms with Gasteiger partial charge < -0.3 is 20.3 Å². The van der Waals surface area contributed by atoms with Gasteiger partial charge in [-0.1, -0.05) is 13.8 Å². The van der Waals surface area contributed by atoms with Gasteiger partial charge in [0.2, 0.25) is 0 Å². The molecule has 0 heterocycles. The molecule has 4 rings (SSSR count). The first-order valence-electron chi connectivity index (χ1n) is 13.8. The molecule has 250 valence electrons. The number of nitrogens with one attached hydrogen (secondary N) is 1. The summed E-state index contributed by atoms with van der Waals surface area (Å²) in [5, 5.41) is 41.0. The topological polar surface area (TPSA) is 234 Å². The van der Waals surface area contributed by atoms with Crippen molar-refractivity contribution in [3.05, 3.63) is 60.2 Å². The molecule has 4 aromatic rings. The molecule has 0 unspecified atom stereocenters. The van der Waals surface area contributed by atoms with Gasteiger partial charge in [-0.05, 0) is 61.0 Å². The Kier molecular flexibility index (Phi) is 10.2. The van der Waals surface area contributed by atoms with E-state index in [2.05, 4.69) is 25.8 Å². The smallest absolute Gasteiger partial charge is 0.283 e. The normalized spacial score (nSPS) is 12.7. The van der Waals surface area contributed by atoms with Gasteiger partial charge in [-0.15, -0.1) is 20.5 Å². The van der Waals surface area contributed by atoms with E-state index in [4.69, 9.17) is 4.74 Å². The van der Waals surface area contributed by atoms with Gasteiger partial charge in [0.1, 0.15) is 40.1 Å². The van der Waals surface area contributed by atoms with Crippen molar-refractivity contribution in [2.75, 3.05) is 29.8 Å². The van der Waals surface area contributed by atoms with Crippen LogP contribution < -0.4 is 10.1 Å². The Morgan fingerprint density at radius 1 is 0.745 bits per heavy atom. The largest absolute Gasteiger partial charge is 0.506 e. The maximum Gasteiger partial charge on any atom is 0.283 e. The Hall–Kier alpha value is -4.65. The van der Waals surface area contributed by atoms with Gasteiger partial charge in [-0.2, -0.15) is 8.42 Å². The highest BCUT2D eigenvalue weighted by Crippen LogP contribution is 2.44. The van der Waals surface area contributed by atoms with E-state index in [0.29, 0.717) is 5.56 Å². The predicted molar refractivity (Wildman–Crippen MR) is 175 cm³/mol. The summed E-state index contributed by atoms with van der Waals surface area (Å²) in [7, 11) is -10.3. The number of azo groups is 2. The number of rotatable bonds is 12. The number of phenolic OH excluding ortho intramolecular Hbond substituents is 2. The molecular formula is C29H31N5O10S3. The summed E-state index contributed by atoms with van der Waals surface area (Å²) in [6.07, 6.45) is 0. The fourth-order valence-corrected chi connectivity index (χ4v) is 6.80. The van der Waals surface area contributed by atoms with Crippen LogP contribution in [0.2, 0.25) is 0 Å². The van der Waals surface area contributed by atoms with Crippen molar-refractivity contribution in [1.29, 1.82) is 0 Å². The van der Waals surface area contributed by atoms with Crippen LogP contribution in [-0.2, 0) is 29.8 Å². The number of aromatic hydroxyl groups is 2. The second kappa shape index (κ2) is 13.6. The van der Waals surface area contributed by atoms with Crippen LogP contribution in [0.3, 0.4) is 0 Å². The Bertz CT molecular complexity index is 2250. The van der Waals surface area contributed by atoms with Crippen LogP contribution in [-0.4, -0.2) is 64.5 Å². The van der Waals surface area contributed by atoms with Crippen molar-refractivity contribution in [1.82, 2.24) is 0 Å². The molecule has 0 saturated carbocycles. The number of nitrogens with zero attached hydrogens (tertiary/aromatic N) is 4. The van der Waals surface area contributed by atoms with Crippen LogP contribution in [0.15, 0.2) is 84.8 Å². The minimum absolute atomic E-state index is 0.0109. The molecule has 0 amide bonds. The number of anilines is 1. The van der Waals surface area contributed by atoms with Gasteiger partial charge in [0.25, 0.3) is 10.1 Å². The van der Waals surface area contributed by atoms with E-state index in [1.807, 2.05) is 0 Å². The summed E-state index contributed by atoms with van der Waals surface area (Å²) in [6, 6.07) is 12.1. The third-order valence-electron chi connectivity index (χ3n) is 6.97.